The van der Waals surface area contributed by atoms with Crippen molar-refractivity contribution in [2.75, 3.05) is 32.2 Å². The molecule has 4 rings (SSSR count). The molecule has 3 heterocycles. The first kappa shape index (κ1) is 18.6. The lowest BCUT2D eigenvalue weighted by Gasteiger charge is -2.36. The summed E-state index contributed by atoms with van der Waals surface area (Å²) in [6, 6.07) is 1.43. The predicted octanol–water partition coefficient (Wildman–Crippen LogP) is 2.71. The normalized spacial score (nSPS) is 27.8. The first-order chi connectivity index (χ1) is 13.1. The predicted molar refractivity (Wildman–Crippen MR) is 98.2 cm³/mol. The van der Waals surface area contributed by atoms with Gasteiger partial charge in [0.1, 0.15) is 5.69 Å². The molecule has 4 atom stereocenters. The molecule has 0 amide bonds. The molecule has 2 fully saturated rings. The van der Waals surface area contributed by atoms with Crippen LogP contribution in [0, 0.1) is 17.7 Å². The Morgan fingerprint density at radius 3 is 2.74 bits per heavy atom. The molecule has 1 aliphatic carbocycles. The smallest absolute Gasteiger partial charge is 0.167 e. The van der Waals surface area contributed by atoms with Crippen molar-refractivity contribution >= 4 is 17.4 Å². The van der Waals surface area contributed by atoms with E-state index in [1.165, 1.54) is 12.3 Å². The second-order valence-corrected chi connectivity index (χ2v) is 7.76. The molecule has 9 heteroatoms. The fourth-order valence-corrected chi connectivity index (χ4v) is 4.57. The summed E-state index contributed by atoms with van der Waals surface area (Å²) in [4.78, 5) is 6.23. The number of hydrogen-bond donors (Lipinski definition) is 0. The number of anilines is 1. The van der Waals surface area contributed by atoms with Gasteiger partial charge in [0.25, 0.3) is 0 Å². The molecule has 1 aliphatic heterocycles. The highest BCUT2D eigenvalue weighted by atomic mass is 35.5. The molecule has 0 aromatic carbocycles. The lowest BCUT2D eigenvalue weighted by Crippen LogP contribution is -2.37. The van der Waals surface area contributed by atoms with Crippen molar-refractivity contribution in [1.82, 2.24) is 20.0 Å². The Labute approximate surface area is 162 Å². The average Bonchev–Trinajstić information content (AvgIpc) is 3.27. The maximum Gasteiger partial charge on any atom is 0.167 e. The van der Waals surface area contributed by atoms with E-state index in [0.717, 1.165) is 31.6 Å². The van der Waals surface area contributed by atoms with Crippen molar-refractivity contribution in [1.29, 1.82) is 0 Å². The largest absolute Gasteiger partial charge is 0.379 e. The molecule has 0 radical (unpaired) electrons. The van der Waals surface area contributed by atoms with E-state index in [1.54, 1.807) is 14.2 Å². The quantitative estimate of drug-likeness (QED) is 0.775. The first-order valence-corrected chi connectivity index (χ1v) is 9.45. The van der Waals surface area contributed by atoms with Crippen molar-refractivity contribution in [2.24, 2.45) is 11.8 Å². The zero-order valence-corrected chi connectivity index (χ0v) is 16.1. The second-order valence-electron chi connectivity index (χ2n) is 7.32. The summed E-state index contributed by atoms with van der Waals surface area (Å²) in [5.74, 6) is 0.863. The Hall–Kier alpha value is -1.77. The van der Waals surface area contributed by atoms with E-state index in [9.17, 15) is 4.39 Å². The molecule has 27 heavy (non-hydrogen) atoms. The van der Waals surface area contributed by atoms with Crippen LogP contribution in [0.15, 0.2) is 18.5 Å². The summed E-state index contributed by atoms with van der Waals surface area (Å²) in [6.07, 6.45) is 5.27. The Kier molecular flexibility index (Phi) is 5.29. The molecule has 1 saturated carbocycles. The Bertz CT molecular complexity index is 804. The Morgan fingerprint density at radius 2 is 2.04 bits per heavy atom. The summed E-state index contributed by atoms with van der Waals surface area (Å²) in [5.41, 5.74) is 0.801. The molecule has 2 aliphatic rings. The number of fused-ring (bicyclic) bond motifs is 1. The number of nitrogens with zero attached hydrogens (tertiary/aromatic N) is 5. The van der Waals surface area contributed by atoms with E-state index in [1.807, 2.05) is 15.8 Å². The van der Waals surface area contributed by atoms with Gasteiger partial charge >= 0.3 is 0 Å². The molecule has 146 valence electrons. The van der Waals surface area contributed by atoms with Gasteiger partial charge in [0.05, 0.1) is 30.0 Å². The van der Waals surface area contributed by atoms with Crippen LogP contribution < -0.4 is 4.90 Å². The minimum Gasteiger partial charge on any atom is -0.379 e. The average molecular weight is 396 g/mol. The van der Waals surface area contributed by atoms with Gasteiger partial charge < -0.3 is 14.4 Å². The third kappa shape index (κ3) is 3.66. The van der Waals surface area contributed by atoms with E-state index < -0.39 is 0 Å². The van der Waals surface area contributed by atoms with E-state index in [4.69, 9.17) is 21.1 Å². The number of pyridine rings is 1. The summed E-state index contributed by atoms with van der Waals surface area (Å²) in [6.45, 7) is 1.98. The third-order valence-corrected chi connectivity index (χ3v) is 5.87. The minimum atomic E-state index is -0.374. The maximum atomic E-state index is 14.3. The topological polar surface area (TPSA) is 65.3 Å². The fourth-order valence-electron chi connectivity index (χ4n) is 4.42. The fraction of sp³-hybridized carbons (Fsp3) is 0.611. The lowest BCUT2D eigenvalue weighted by atomic mass is 9.77. The Morgan fingerprint density at radius 1 is 1.26 bits per heavy atom. The molecule has 1 saturated heterocycles. The number of aromatic nitrogens is 4. The zero-order valence-electron chi connectivity index (χ0n) is 15.4. The van der Waals surface area contributed by atoms with E-state index in [2.05, 4.69) is 15.3 Å². The monoisotopic (exact) mass is 395 g/mol. The molecular formula is C18H23ClFN5O2. The van der Waals surface area contributed by atoms with Crippen molar-refractivity contribution in [3.8, 4) is 0 Å². The van der Waals surface area contributed by atoms with Gasteiger partial charge in [-0.3, -0.25) is 0 Å². The van der Waals surface area contributed by atoms with Gasteiger partial charge in [-0.1, -0.05) is 16.8 Å². The van der Waals surface area contributed by atoms with Gasteiger partial charge in [0.15, 0.2) is 11.6 Å². The zero-order chi connectivity index (χ0) is 19.0. The third-order valence-electron chi connectivity index (χ3n) is 5.67. The number of ether oxygens (including phenoxy) is 2. The van der Waals surface area contributed by atoms with Crippen LogP contribution in [0.1, 0.15) is 24.6 Å². The van der Waals surface area contributed by atoms with Crippen LogP contribution in [-0.4, -0.2) is 53.4 Å². The van der Waals surface area contributed by atoms with Gasteiger partial charge in [-0.25, -0.2) is 14.1 Å². The highest BCUT2D eigenvalue weighted by molar-refractivity contribution is 6.30. The van der Waals surface area contributed by atoms with Gasteiger partial charge in [0.2, 0.25) is 0 Å². The molecule has 0 spiro atoms. The number of rotatable bonds is 5. The van der Waals surface area contributed by atoms with Gasteiger partial charge in [-0.05, 0) is 30.7 Å². The first-order valence-electron chi connectivity index (χ1n) is 9.07. The standard InChI is InChI=1S/C18H23ClFN5O2/c1-26-10-14-9-25(23-22-14)16-3-11-7-24(8-12(11)4-17(16)27-2)18-15(20)5-13(19)6-21-18/h5-6,9,11-12,16-17H,3-4,7-8,10H2,1-2H3/t11-,12+,16-,17-/m1/s1. The van der Waals surface area contributed by atoms with Crippen molar-refractivity contribution in [2.45, 2.75) is 31.6 Å². The lowest BCUT2D eigenvalue weighted by molar-refractivity contribution is -0.00544. The van der Waals surface area contributed by atoms with Crippen LogP contribution in [0.3, 0.4) is 0 Å². The van der Waals surface area contributed by atoms with E-state index in [0.29, 0.717) is 29.3 Å². The van der Waals surface area contributed by atoms with Gasteiger partial charge in [-0.15, -0.1) is 5.10 Å². The van der Waals surface area contributed by atoms with Crippen LogP contribution in [0.5, 0.6) is 0 Å². The highest BCUT2D eigenvalue weighted by Crippen LogP contribution is 2.43. The van der Waals surface area contributed by atoms with Crippen LogP contribution in [-0.2, 0) is 16.1 Å². The summed E-state index contributed by atoms with van der Waals surface area (Å²) < 4.78 is 27.1. The molecule has 0 N–H and O–H groups in total. The maximum absolute atomic E-state index is 14.3. The van der Waals surface area contributed by atoms with Gasteiger partial charge in [-0.2, -0.15) is 0 Å². The molecule has 0 unspecified atom stereocenters. The number of halogens is 2. The van der Waals surface area contributed by atoms with Crippen molar-refractivity contribution in [3.05, 3.63) is 35.0 Å². The molecular weight excluding hydrogens is 373 g/mol. The number of methoxy groups -OCH3 is 2. The Balaban J connectivity index is 1.52. The number of hydrogen-bond acceptors (Lipinski definition) is 6. The highest BCUT2D eigenvalue weighted by Gasteiger charge is 2.44. The van der Waals surface area contributed by atoms with Gasteiger partial charge in [0, 0.05) is 33.5 Å². The molecule has 7 nitrogen and oxygen atoms in total. The summed E-state index contributed by atoms with van der Waals surface area (Å²) >= 11 is 5.83. The van der Waals surface area contributed by atoms with E-state index in [-0.39, 0.29) is 18.0 Å². The second kappa shape index (κ2) is 7.69. The van der Waals surface area contributed by atoms with Crippen molar-refractivity contribution < 1.29 is 13.9 Å². The van der Waals surface area contributed by atoms with Crippen LogP contribution in [0.2, 0.25) is 5.02 Å². The van der Waals surface area contributed by atoms with E-state index >= 15 is 0 Å². The minimum absolute atomic E-state index is 0.0475. The molecule has 2 aromatic rings. The molecule has 0 bridgehead atoms. The summed E-state index contributed by atoms with van der Waals surface area (Å²) in [7, 11) is 3.37. The van der Waals surface area contributed by atoms with Crippen LogP contribution in [0.25, 0.3) is 0 Å². The van der Waals surface area contributed by atoms with Crippen LogP contribution in [0.4, 0.5) is 10.2 Å². The molecule has 2 aromatic heterocycles. The summed E-state index contributed by atoms with van der Waals surface area (Å²) in [5, 5.41) is 8.76. The van der Waals surface area contributed by atoms with Crippen LogP contribution >= 0.6 is 11.6 Å². The SMILES string of the molecule is COCc1cn([C@@H]2C[C@@H]3CN(c4ncc(Cl)cc4F)C[C@@H]3C[C@H]2OC)nn1. The van der Waals surface area contributed by atoms with Crippen molar-refractivity contribution in [3.63, 3.8) is 0 Å².